The summed E-state index contributed by atoms with van der Waals surface area (Å²) in [7, 11) is 0. The highest BCUT2D eigenvalue weighted by molar-refractivity contribution is 5.85. The highest BCUT2D eigenvalue weighted by atomic mass is 16.4. The molecule has 90 valence electrons. The van der Waals surface area contributed by atoms with E-state index in [0.717, 1.165) is 17.2 Å². The van der Waals surface area contributed by atoms with Crippen LogP contribution in [0.5, 0.6) is 0 Å². The van der Waals surface area contributed by atoms with Crippen LogP contribution in [0.15, 0.2) is 30.3 Å². The lowest BCUT2D eigenvalue weighted by atomic mass is 10.1. The van der Waals surface area contributed by atoms with Crippen molar-refractivity contribution < 1.29 is 14.7 Å². The minimum Gasteiger partial charge on any atom is -0.478 e. The van der Waals surface area contributed by atoms with Gasteiger partial charge in [0.25, 0.3) is 0 Å². The topological polar surface area (TPSA) is 66.4 Å². The van der Waals surface area contributed by atoms with Gasteiger partial charge in [-0.25, -0.2) is 4.79 Å². The molecule has 0 atom stereocenters. The predicted octanol–water partition coefficient (Wildman–Crippen LogP) is 1.81. The molecule has 0 aliphatic heterocycles. The summed E-state index contributed by atoms with van der Waals surface area (Å²) in [6, 6.07) is 7.36. The van der Waals surface area contributed by atoms with Crippen LogP contribution in [0.25, 0.3) is 6.08 Å². The van der Waals surface area contributed by atoms with Crippen LogP contribution >= 0.6 is 0 Å². The number of nitrogens with one attached hydrogen (secondary N) is 1. The molecule has 0 aliphatic carbocycles. The van der Waals surface area contributed by atoms with Gasteiger partial charge in [0.1, 0.15) is 0 Å². The molecule has 0 unspecified atom stereocenters. The minimum atomic E-state index is -0.977. The van der Waals surface area contributed by atoms with Crippen molar-refractivity contribution in [2.45, 2.75) is 19.9 Å². The molecule has 4 nitrogen and oxygen atoms in total. The predicted molar refractivity (Wildman–Crippen MR) is 65.2 cm³/mol. The molecule has 0 bridgehead atoms. The number of hydrogen-bond acceptors (Lipinski definition) is 2. The lowest BCUT2D eigenvalue weighted by Gasteiger charge is -2.04. The van der Waals surface area contributed by atoms with E-state index in [1.165, 1.54) is 6.08 Å². The van der Waals surface area contributed by atoms with Crippen LogP contribution in [0.3, 0.4) is 0 Å². The molecule has 17 heavy (non-hydrogen) atoms. The SMILES string of the molecule is CCC(=O)NCc1cccc(/C=C/C(=O)O)c1. The Kier molecular flexibility index (Phi) is 4.94. The first-order chi connectivity index (χ1) is 8.11. The first-order valence-corrected chi connectivity index (χ1v) is 5.38. The summed E-state index contributed by atoms with van der Waals surface area (Å²) >= 11 is 0. The molecule has 0 saturated heterocycles. The highest BCUT2D eigenvalue weighted by Crippen LogP contribution is 2.07. The van der Waals surface area contributed by atoms with Crippen LogP contribution in [0.4, 0.5) is 0 Å². The van der Waals surface area contributed by atoms with E-state index >= 15 is 0 Å². The maximum Gasteiger partial charge on any atom is 0.328 e. The molecule has 4 heteroatoms. The number of carbonyl (C=O) groups is 2. The largest absolute Gasteiger partial charge is 0.478 e. The molecule has 0 radical (unpaired) electrons. The second-order valence-corrected chi connectivity index (χ2v) is 3.55. The van der Waals surface area contributed by atoms with E-state index in [1.54, 1.807) is 6.92 Å². The second-order valence-electron chi connectivity index (χ2n) is 3.55. The quantitative estimate of drug-likeness (QED) is 0.762. The van der Waals surface area contributed by atoms with Gasteiger partial charge in [-0.2, -0.15) is 0 Å². The van der Waals surface area contributed by atoms with Crippen molar-refractivity contribution in [2.24, 2.45) is 0 Å². The van der Waals surface area contributed by atoms with Gasteiger partial charge < -0.3 is 10.4 Å². The van der Waals surface area contributed by atoms with E-state index in [9.17, 15) is 9.59 Å². The molecule has 0 fully saturated rings. The molecular formula is C13H15NO3. The maximum absolute atomic E-state index is 11.1. The highest BCUT2D eigenvalue weighted by Gasteiger charge is 1.98. The third-order valence-electron chi connectivity index (χ3n) is 2.18. The fourth-order valence-electron chi connectivity index (χ4n) is 1.30. The molecule has 0 aliphatic rings. The van der Waals surface area contributed by atoms with E-state index in [-0.39, 0.29) is 5.91 Å². The number of carboxylic acid groups (broad SMARTS) is 1. The Hall–Kier alpha value is -2.10. The average molecular weight is 233 g/mol. The van der Waals surface area contributed by atoms with Crippen LogP contribution in [-0.2, 0) is 16.1 Å². The normalized spacial score (nSPS) is 10.4. The molecule has 2 N–H and O–H groups in total. The first kappa shape index (κ1) is 13.0. The summed E-state index contributed by atoms with van der Waals surface area (Å²) < 4.78 is 0. The molecule has 1 rings (SSSR count). The average Bonchev–Trinajstić information content (AvgIpc) is 2.34. The Bertz CT molecular complexity index is 438. The van der Waals surface area contributed by atoms with Crippen molar-refractivity contribution in [1.82, 2.24) is 5.32 Å². The Morgan fingerprint density at radius 1 is 1.41 bits per heavy atom. The Morgan fingerprint density at radius 3 is 2.82 bits per heavy atom. The van der Waals surface area contributed by atoms with Crippen LogP contribution in [0.1, 0.15) is 24.5 Å². The Morgan fingerprint density at radius 2 is 2.18 bits per heavy atom. The molecule has 1 aromatic rings. The van der Waals surface area contributed by atoms with Gasteiger partial charge in [-0.3, -0.25) is 4.79 Å². The van der Waals surface area contributed by atoms with Crippen molar-refractivity contribution in [3.8, 4) is 0 Å². The summed E-state index contributed by atoms with van der Waals surface area (Å²) in [6.07, 6.45) is 3.07. The first-order valence-electron chi connectivity index (χ1n) is 5.38. The third-order valence-corrected chi connectivity index (χ3v) is 2.18. The standard InChI is InChI=1S/C13H15NO3/c1-2-12(15)14-9-11-5-3-4-10(8-11)6-7-13(16)17/h3-8H,2,9H2,1H3,(H,14,15)(H,16,17)/b7-6+. The zero-order valence-corrected chi connectivity index (χ0v) is 9.64. The number of carboxylic acids is 1. The molecule has 0 spiro atoms. The Balaban J connectivity index is 2.65. The van der Waals surface area contributed by atoms with Gasteiger partial charge >= 0.3 is 5.97 Å². The number of aliphatic carboxylic acids is 1. The molecule has 0 saturated carbocycles. The van der Waals surface area contributed by atoms with E-state index in [1.807, 2.05) is 24.3 Å². The fraction of sp³-hybridized carbons (Fsp3) is 0.231. The molecular weight excluding hydrogens is 218 g/mol. The number of amides is 1. The number of rotatable bonds is 5. The van der Waals surface area contributed by atoms with Crippen molar-refractivity contribution in [2.75, 3.05) is 0 Å². The summed E-state index contributed by atoms with van der Waals surface area (Å²) in [5.74, 6) is -0.980. The van der Waals surface area contributed by atoms with Gasteiger partial charge in [0.15, 0.2) is 0 Å². The van der Waals surface area contributed by atoms with Crippen molar-refractivity contribution in [1.29, 1.82) is 0 Å². The summed E-state index contributed by atoms with van der Waals surface area (Å²) in [5.41, 5.74) is 1.75. The summed E-state index contributed by atoms with van der Waals surface area (Å²) in [4.78, 5) is 21.4. The summed E-state index contributed by atoms with van der Waals surface area (Å²) in [6.45, 7) is 2.25. The summed E-state index contributed by atoms with van der Waals surface area (Å²) in [5, 5.41) is 11.3. The van der Waals surface area contributed by atoms with Crippen LogP contribution < -0.4 is 5.32 Å². The second kappa shape index (κ2) is 6.48. The maximum atomic E-state index is 11.1. The monoisotopic (exact) mass is 233 g/mol. The Labute approximate surface area is 100.0 Å². The van der Waals surface area contributed by atoms with Gasteiger partial charge in [-0.15, -0.1) is 0 Å². The van der Waals surface area contributed by atoms with Crippen molar-refractivity contribution in [3.05, 3.63) is 41.5 Å². The van der Waals surface area contributed by atoms with Crippen LogP contribution in [-0.4, -0.2) is 17.0 Å². The van der Waals surface area contributed by atoms with Gasteiger partial charge in [-0.05, 0) is 23.3 Å². The van der Waals surface area contributed by atoms with Crippen LogP contribution in [0.2, 0.25) is 0 Å². The molecule has 0 heterocycles. The van der Waals surface area contributed by atoms with Crippen molar-refractivity contribution >= 4 is 18.0 Å². The van der Waals surface area contributed by atoms with E-state index in [4.69, 9.17) is 5.11 Å². The molecule has 1 amide bonds. The number of benzene rings is 1. The molecule has 1 aromatic carbocycles. The van der Waals surface area contributed by atoms with E-state index in [0.29, 0.717) is 13.0 Å². The van der Waals surface area contributed by atoms with E-state index < -0.39 is 5.97 Å². The van der Waals surface area contributed by atoms with Gasteiger partial charge in [-0.1, -0.05) is 25.1 Å². The number of hydrogen-bond donors (Lipinski definition) is 2. The number of carbonyl (C=O) groups excluding carboxylic acids is 1. The zero-order valence-electron chi connectivity index (χ0n) is 9.64. The van der Waals surface area contributed by atoms with Crippen LogP contribution in [0, 0.1) is 0 Å². The van der Waals surface area contributed by atoms with E-state index in [2.05, 4.69) is 5.32 Å². The molecule has 0 aromatic heterocycles. The lowest BCUT2D eigenvalue weighted by molar-refractivity contribution is -0.131. The fourth-order valence-corrected chi connectivity index (χ4v) is 1.30. The van der Waals surface area contributed by atoms with Crippen molar-refractivity contribution in [3.63, 3.8) is 0 Å². The third kappa shape index (κ3) is 4.97. The van der Waals surface area contributed by atoms with Gasteiger partial charge in [0, 0.05) is 19.0 Å². The van der Waals surface area contributed by atoms with Gasteiger partial charge in [0.05, 0.1) is 0 Å². The zero-order chi connectivity index (χ0) is 12.7. The lowest BCUT2D eigenvalue weighted by Crippen LogP contribution is -2.21. The van der Waals surface area contributed by atoms with Gasteiger partial charge in [0.2, 0.25) is 5.91 Å². The minimum absolute atomic E-state index is 0.00326. The smallest absolute Gasteiger partial charge is 0.328 e.